The minimum atomic E-state index is 0.903. The van der Waals surface area contributed by atoms with Gasteiger partial charge in [-0.1, -0.05) is 90.6 Å². The van der Waals surface area contributed by atoms with Gasteiger partial charge in [0, 0.05) is 28.4 Å². The first kappa shape index (κ1) is 17.3. The van der Waals surface area contributed by atoms with Crippen LogP contribution in [-0.2, 0) is 5.75 Å². The molecule has 28 heavy (non-hydrogen) atoms. The molecule has 2 nitrogen and oxygen atoms in total. The molecule has 2 aromatic heterocycles. The summed E-state index contributed by atoms with van der Waals surface area (Å²) in [6.45, 7) is 0. The monoisotopic (exact) mass is 398 g/mol. The highest BCUT2D eigenvalue weighted by molar-refractivity contribution is 8.00. The lowest BCUT2D eigenvalue weighted by Crippen LogP contribution is -1.82. The summed E-state index contributed by atoms with van der Waals surface area (Å²) in [5.41, 5.74) is 5.96. The molecule has 0 saturated carbocycles. The van der Waals surface area contributed by atoms with E-state index in [0.717, 1.165) is 21.3 Å². The van der Waals surface area contributed by atoms with E-state index in [-0.39, 0.29) is 0 Å². The third-order valence-corrected chi connectivity index (χ3v) is 7.01. The largest absolute Gasteiger partial charge is 0.361 e. The number of para-hydroxylation sites is 1. The fourth-order valence-corrected chi connectivity index (χ4v) is 5.49. The molecule has 2 heterocycles. The molecular weight excluding hydrogens is 380 g/mol. The molecular formula is C24H18N2S2. The third-order valence-electron chi connectivity index (χ3n) is 4.72. The van der Waals surface area contributed by atoms with Crippen LogP contribution in [0.4, 0.5) is 0 Å². The fraction of sp³-hybridized carbons (Fsp3) is 0.0417. The number of fused-ring (bicyclic) bond motifs is 1. The zero-order valence-electron chi connectivity index (χ0n) is 15.1. The number of hydrogen-bond donors (Lipinski definition) is 1. The predicted molar refractivity (Wildman–Crippen MR) is 121 cm³/mol. The SMILES string of the molecule is c1ccc(-c2nc(SCc3c[nH]c4ccccc34)sc2-c2ccccc2)cc1. The summed E-state index contributed by atoms with van der Waals surface area (Å²) in [4.78, 5) is 9.60. The topological polar surface area (TPSA) is 28.7 Å². The Hall–Kier alpha value is -2.82. The molecule has 0 aliphatic rings. The van der Waals surface area contributed by atoms with Crippen molar-refractivity contribution < 1.29 is 0 Å². The molecule has 0 radical (unpaired) electrons. The lowest BCUT2D eigenvalue weighted by molar-refractivity contribution is 1.25. The van der Waals surface area contributed by atoms with Gasteiger partial charge in [-0.25, -0.2) is 4.98 Å². The number of thioether (sulfide) groups is 1. The van der Waals surface area contributed by atoms with Crippen LogP contribution >= 0.6 is 23.1 Å². The molecule has 5 aromatic rings. The molecule has 0 saturated heterocycles. The highest BCUT2D eigenvalue weighted by Gasteiger charge is 2.15. The first-order chi connectivity index (χ1) is 13.9. The van der Waals surface area contributed by atoms with E-state index in [1.807, 2.05) is 6.07 Å². The Balaban J connectivity index is 1.49. The molecule has 136 valence electrons. The predicted octanol–water partition coefficient (Wildman–Crippen LogP) is 7.25. The standard InChI is InChI=1S/C24H18N2S2/c1-3-9-17(10-4-1)22-23(18-11-5-2-6-12-18)28-24(26-22)27-16-19-15-25-21-14-8-7-13-20(19)21/h1-15,25H,16H2. The maximum absolute atomic E-state index is 5.01. The number of aromatic nitrogens is 2. The van der Waals surface area contributed by atoms with Gasteiger partial charge in [-0.15, -0.1) is 11.3 Å². The van der Waals surface area contributed by atoms with Crippen LogP contribution in [0, 0.1) is 0 Å². The van der Waals surface area contributed by atoms with E-state index < -0.39 is 0 Å². The van der Waals surface area contributed by atoms with E-state index in [9.17, 15) is 0 Å². The maximum atomic E-state index is 5.01. The Kier molecular flexibility index (Phi) is 4.73. The second-order valence-corrected chi connectivity index (χ2v) is 8.76. The molecule has 0 spiro atoms. The summed E-state index contributed by atoms with van der Waals surface area (Å²) in [7, 11) is 0. The zero-order valence-corrected chi connectivity index (χ0v) is 16.8. The van der Waals surface area contributed by atoms with E-state index in [2.05, 4.69) is 90.0 Å². The quantitative estimate of drug-likeness (QED) is 0.316. The summed E-state index contributed by atoms with van der Waals surface area (Å²) >= 11 is 3.58. The summed E-state index contributed by atoms with van der Waals surface area (Å²) in [6, 6.07) is 29.5. The molecule has 0 aliphatic heterocycles. The van der Waals surface area contributed by atoms with Gasteiger partial charge in [-0.3, -0.25) is 0 Å². The van der Waals surface area contributed by atoms with Gasteiger partial charge in [-0.05, 0) is 17.2 Å². The van der Waals surface area contributed by atoms with Gasteiger partial charge < -0.3 is 4.98 Å². The van der Waals surface area contributed by atoms with Crippen molar-refractivity contribution in [3.05, 3.63) is 96.7 Å². The average Bonchev–Trinajstić information content (AvgIpc) is 3.38. The molecule has 0 unspecified atom stereocenters. The molecule has 0 bridgehead atoms. The summed E-state index contributed by atoms with van der Waals surface area (Å²) in [5.74, 6) is 0.903. The van der Waals surface area contributed by atoms with Gasteiger partial charge in [0.2, 0.25) is 0 Å². The van der Waals surface area contributed by atoms with Crippen molar-refractivity contribution in [2.24, 2.45) is 0 Å². The van der Waals surface area contributed by atoms with Gasteiger partial charge in [-0.2, -0.15) is 0 Å². The van der Waals surface area contributed by atoms with E-state index in [0.29, 0.717) is 0 Å². The van der Waals surface area contributed by atoms with Gasteiger partial charge in [0.1, 0.15) is 0 Å². The van der Waals surface area contributed by atoms with Crippen LogP contribution in [0.15, 0.2) is 95.5 Å². The number of hydrogen-bond acceptors (Lipinski definition) is 3. The molecule has 0 amide bonds. The number of nitrogens with zero attached hydrogens (tertiary/aromatic N) is 1. The van der Waals surface area contributed by atoms with Crippen molar-refractivity contribution in [1.29, 1.82) is 0 Å². The average molecular weight is 399 g/mol. The highest BCUT2D eigenvalue weighted by atomic mass is 32.2. The van der Waals surface area contributed by atoms with Crippen LogP contribution in [0.1, 0.15) is 5.56 Å². The number of nitrogens with one attached hydrogen (secondary N) is 1. The van der Waals surface area contributed by atoms with Gasteiger partial charge >= 0.3 is 0 Å². The fourth-order valence-electron chi connectivity index (χ4n) is 3.33. The van der Waals surface area contributed by atoms with Crippen molar-refractivity contribution >= 4 is 34.0 Å². The smallest absolute Gasteiger partial charge is 0.151 e. The minimum Gasteiger partial charge on any atom is -0.361 e. The van der Waals surface area contributed by atoms with Crippen LogP contribution in [0.2, 0.25) is 0 Å². The number of benzene rings is 3. The van der Waals surface area contributed by atoms with Crippen LogP contribution < -0.4 is 0 Å². The first-order valence-corrected chi connectivity index (χ1v) is 11.0. The summed E-state index contributed by atoms with van der Waals surface area (Å²) in [6.07, 6.45) is 2.11. The molecule has 5 rings (SSSR count). The van der Waals surface area contributed by atoms with E-state index in [1.165, 1.54) is 26.9 Å². The molecule has 3 aromatic carbocycles. The minimum absolute atomic E-state index is 0.903. The second-order valence-electron chi connectivity index (χ2n) is 6.54. The Labute approximate surface area is 172 Å². The molecule has 0 aliphatic carbocycles. The van der Waals surface area contributed by atoms with Crippen molar-refractivity contribution in [3.63, 3.8) is 0 Å². The van der Waals surface area contributed by atoms with Crippen molar-refractivity contribution in [3.8, 4) is 21.7 Å². The summed E-state index contributed by atoms with van der Waals surface area (Å²) in [5, 5.41) is 1.29. The van der Waals surface area contributed by atoms with Crippen LogP contribution in [0.5, 0.6) is 0 Å². The van der Waals surface area contributed by atoms with E-state index in [1.54, 1.807) is 23.1 Å². The zero-order chi connectivity index (χ0) is 18.8. The second kappa shape index (κ2) is 7.66. The molecule has 4 heteroatoms. The van der Waals surface area contributed by atoms with Crippen molar-refractivity contribution in [2.75, 3.05) is 0 Å². The lowest BCUT2D eigenvalue weighted by atomic mass is 10.1. The lowest BCUT2D eigenvalue weighted by Gasteiger charge is -2.02. The number of rotatable bonds is 5. The van der Waals surface area contributed by atoms with Gasteiger partial charge in [0.05, 0.1) is 10.6 Å². The first-order valence-electron chi connectivity index (χ1n) is 9.18. The van der Waals surface area contributed by atoms with Crippen molar-refractivity contribution in [1.82, 2.24) is 9.97 Å². The molecule has 0 atom stereocenters. The number of aromatic amines is 1. The molecule has 1 N–H and O–H groups in total. The Morgan fingerprint density at radius 1 is 0.786 bits per heavy atom. The Morgan fingerprint density at radius 2 is 1.46 bits per heavy atom. The van der Waals surface area contributed by atoms with E-state index in [4.69, 9.17) is 4.98 Å². The normalized spacial score (nSPS) is 11.1. The number of H-pyrrole nitrogens is 1. The van der Waals surface area contributed by atoms with Gasteiger partial charge in [0.15, 0.2) is 4.34 Å². The van der Waals surface area contributed by atoms with Crippen molar-refractivity contribution in [2.45, 2.75) is 10.1 Å². The van der Waals surface area contributed by atoms with Gasteiger partial charge in [0.25, 0.3) is 0 Å². The maximum Gasteiger partial charge on any atom is 0.151 e. The Bertz CT molecular complexity index is 1150. The van der Waals surface area contributed by atoms with Crippen LogP contribution in [-0.4, -0.2) is 9.97 Å². The highest BCUT2D eigenvalue weighted by Crippen LogP contribution is 2.41. The number of thiazole rings is 1. The molecule has 0 fully saturated rings. The van der Waals surface area contributed by atoms with Crippen LogP contribution in [0.3, 0.4) is 0 Å². The van der Waals surface area contributed by atoms with Crippen LogP contribution in [0.25, 0.3) is 32.6 Å². The van der Waals surface area contributed by atoms with E-state index >= 15 is 0 Å². The third kappa shape index (κ3) is 3.37. The summed E-state index contributed by atoms with van der Waals surface area (Å²) < 4.78 is 1.10. The Morgan fingerprint density at radius 3 is 2.25 bits per heavy atom.